The number of anilines is 1. The Morgan fingerprint density at radius 2 is 2.10 bits per heavy atom. The number of halogens is 1. The van der Waals surface area contributed by atoms with Gasteiger partial charge in [0, 0.05) is 17.7 Å². The molecule has 2 aromatic rings. The van der Waals surface area contributed by atoms with Gasteiger partial charge < -0.3 is 15.6 Å². The number of ether oxygens (including phenoxy) is 1. The van der Waals surface area contributed by atoms with Crippen molar-refractivity contribution in [2.75, 3.05) is 12.3 Å². The molecule has 4 heteroatoms. The minimum Gasteiger partial charge on any atom is -0.493 e. The summed E-state index contributed by atoms with van der Waals surface area (Å²) >= 11 is 0. The lowest BCUT2D eigenvalue weighted by Gasteiger charge is -2.14. The highest BCUT2D eigenvalue weighted by atomic mass is 19.1. The first-order valence-corrected chi connectivity index (χ1v) is 7.11. The van der Waals surface area contributed by atoms with Gasteiger partial charge in [-0.25, -0.2) is 4.39 Å². The molecular formula is C17H18FNO2. The zero-order valence-corrected chi connectivity index (χ0v) is 11.7. The van der Waals surface area contributed by atoms with Crippen molar-refractivity contribution >= 4 is 5.69 Å². The van der Waals surface area contributed by atoms with Crippen molar-refractivity contribution in [2.45, 2.75) is 25.4 Å². The van der Waals surface area contributed by atoms with Gasteiger partial charge in [-0.05, 0) is 48.2 Å². The molecule has 1 atom stereocenters. The SMILES string of the molecule is Nc1ccc(F)cc1C(O)CCc1ccc2c(c1)CCO2. The van der Waals surface area contributed by atoms with E-state index in [-0.39, 0.29) is 5.82 Å². The van der Waals surface area contributed by atoms with Crippen LogP contribution in [-0.2, 0) is 12.8 Å². The standard InChI is InChI=1S/C17H18FNO2/c18-13-3-4-15(19)14(10-13)16(20)5-1-11-2-6-17-12(9-11)7-8-21-17/h2-4,6,9-10,16,20H,1,5,7-8,19H2. The second kappa shape index (κ2) is 5.74. The molecular weight excluding hydrogens is 269 g/mol. The highest BCUT2D eigenvalue weighted by Gasteiger charge is 2.15. The molecule has 0 amide bonds. The van der Waals surface area contributed by atoms with Crippen LogP contribution in [0.4, 0.5) is 10.1 Å². The predicted octanol–water partition coefficient (Wildman–Crippen LogP) is 3.01. The molecule has 21 heavy (non-hydrogen) atoms. The Bertz CT molecular complexity index is 657. The Balaban J connectivity index is 1.68. The van der Waals surface area contributed by atoms with Crippen molar-refractivity contribution in [2.24, 2.45) is 0 Å². The summed E-state index contributed by atoms with van der Waals surface area (Å²) in [6, 6.07) is 10.2. The van der Waals surface area contributed by atoms with E-state index in [1.54, 1.807) is 0 Å². The van der Waals surface area contributed by atoms with Gasteiger partial charge in [0.15, 0.2) is 0 Å². The zero-order chi connectivity index (χ0) is 14.8. The summed E-state index contributed by atoms with van der Waals surface area (Å²) < 4.78 is 18.7. The Morgan fingerprint density at radius 1 is 1.24 bits per heavy atom. The summed E-state index contributed by atoms with van der Waals surface area (Å²) in [5.74, 6) is 0.571. The quantitative estimate of drug-likeness (QED) is 0.850. The van der Waals surface area contributed by atoms with E-state index in [1.165, 1.54) is 23.8 Å². The molecule has 1 aliphatic heterocycles. The van der Waals surface area contributed by atoms with Crippen molar-refractivity contribution in [1.29, 1.82) is 0 Å². The number of nitrogen functional groups attached to an aromatic ring is 1. The Labute approximate surface area is 123 Å². The second-order valence-electron chi connectivity index (χ2n) is 5.37. The molecule has 110 valence electrons. The summed E-state index contributed by atoms with van der Waals surface area (Å²) in [7, 11) is 0. The largest absolute Gasteiger partial charge is 0.493 e. The van der Waals surface area contributed by atoms with E-state index in [2.05, 4.69) is 6.07 Å². The summed E-state index contributed by atoms with van der Waals surface area (Å²) in [6.45, 7) is 0.737. The smallest absolute Gasteiger partial charge is 0.123 e. The third-order valence-electron chi connectivity index (χ3n) is 3.87. The molecule has 1 aliphatic rings. The van der Waals surface area contributed by atoms with Crippen LogP contribution in [0.15, 0.2) is 36.4 Å². The normalized spacial score (nSPS) is 14.6. The molecule has 3 nitrogen and oxygen atoms in total. The first kappa shape index (κ1) is 13.9. The fourth-order valence-electron chi connectivity index (χ4n) is 2.69. The van der Waals surface area contributed by atoms with E-state index in [1.807, 2.05) is 12.1 Å². The van der Waals surface area contributed by atoms with Crippen molar-refractivity contribution < 1.29 is 14.2 Å². The molecule has 0 fully saturated rings. The molecule has 0 saturated carbocycles. The van der Waals surface area contributed by atoms with Gasteiger partial charge in [-0.3, -0.25) is 0 Å². The second-order valence-corrected chi connectivity index (χ2v) is 5.37. The molecule has 0 saturated heterocycles. The van der Waals surface area contributed by atoms with Crippen LogP contribution < -0.4 is 10.5 Å². The predicted molar refractivity (Wildman–Crippen MR) is 79.7 cm³/mol. The molecule has 0 aliphatic carbocycles. The number of hydrogen-bond donors (Lipinski definition) is 2. The van der Waals surface area contributed by atoms with Crippen LogP contribution in [0, 0.1) is 5.82 Å². The first-order chi connectivity index (χ1) is 10.1. The topological polar surface area (TPSA) is 55.5 Å². The fraction of sp³-hybridized carbons (Fsp3) is 0.294. The van der Waals surface area contributed by atoms with E-state index < -0.39 is 6.10 Å². The monoisotopic (exact) mass is 287 g/mol. The number of aryl methyl sites for hydroxylation is 1. The zero-order valence-electron chi connectivity index (χ0n) is 11.7. The van der Waals surface area contributed by atoms with E-state index in [4.69, 9.17) is 10.5 Å². The number of nitrogens with two attached hydrogens (primary N) is 1. The molecule has 0 bridgehead atoms. The van der Waals surface area contributed by atoms with Crippen molar-refractivity contribution in [3.8, 4) is 5.75 Å². The van der Waals surface area contributed by atoms with E-state index in [0.29, 0.717) is 24.1 Å². The van der Waals surface area contributed by atoms with Gasteiger partial charge in [0.25, 0.3) is 0 Å². The van der Waals surface area contributed by atoms with Crippen LogP contribution in [0.1, 0.15) is 29.2 Å². The molecule has 0 radical (unpaired) electrons. The lowest BCUT2D eigenvalue weighted by molar-refractivity contribution is 0.168. The number of fused-ring (bicyclic) bond motifs is 1. The van der Waals surface area contributed by atoms with Gasteiger partial charge in [-0.1, -0.05) is 12.1 Å². The van der Waals surface area contributed by atoms with Crippen LogP contribution in [-0.4, -0.2) is 11.7 Å². The maximum absolute atomic E-state index is 13.2. The average Bonchev–Trinajstić information content (AvgIpc) is 2.94. The van der Waals surface area contributed by atoms with Crippen molar-refractivity contribution in [1.82, 2.24) is 0 Å². The lowest BCUT2D eigenvalue weighted by Crippen LogP contribution is -2.04. The number of rotatable bonds is 4. The van der Waals surface area contributed by atoms with Gasteiger partial charge >= 0.3 is 0 Å². The van der Waals surface area contributed by atoms with Gasteiger partial charge in [0.2, 0.25) is 0 Å². The number of aliphatic hydroxyl groups is 1. The highest BCUT2D eigenvalue weighted by molar-refractivity contribution is 5.48. The third-order valence-corrected chi connectivity index (χ3v) is 3.87. The van der Waals surface area contributed by atoms with Crippen LogP contribution in [0.2, 0.25) is 0 Å². The number of hydrogen-bond acceptors (Lipinski definition) is 3. The maximum Gasteiger partial charge on any atom is 0.123 e. The Kier molecular flexibility index (Phi) is 3.80. The minimum atomic E-state index is -0.759. The van der Waals surface area contributed by atoms with Crippen molar-refractivity contribution in [3.05, 3.63) is 58.9 Å². The molecule has 0 aromatic heterocycles. The molecule has 1 unspecified atom stereocenters. The summed E-state index contributed by atoms with van der Waals surface area (Å²) in [4.78, 5) is 0. The summed E-state index contributed by atoms with van der Waals surface area (Å²) in [5.41, 5.74) is 9.03. The van der Waals surface area contributed by atoms with E-state index in [0.717, 1.165) is 24.3 Å². The fourth-order valence-corrected chi connectivity index (χ4v) is 2.69. The Morgan fingerprint density at radius 3 is 2.95 bits per heavy atom. The molecule has 1 heterocycles. The molecule has 0 spiro atoms. The highest BCUT2D eigenvalue weighted by Crippen LogP contribution is 2.28. The third kappa shape index (κ3) is 3.00. The van der Waals surface area contributed by atoms with Crippen LogP contribution in [0.3, 0.4) is 0 Å². The summed E-state index contributed by atoms with van der Waals surface area (Å²) in [6.07, 6.45) is 1.39. The van der Waals surface area contributed by atoms with Gasteiger partial charge in [-0.2, -0.15) is 0 Å². The van der Waals surface area contributed by atoms with Crippen molar-refractivity contribution in [3.63, 3.8) is 0 Å². The van der Waals surface area contributed by atoms with Gasteiger partial charge in [0.05, 0.1) is 12.7 Å². The lowest BCUT2D eigenvalue weighted by atomic mass is 9.98. The number of benzene rings is 2. The number of aliphatic hydroxyl groups excluding tert-OH is 1. The first-order valence-electron chi connectivity index (χ1n) is 7.11. The Hall–Kier alpha value is -2.07. The van der Waals surface area contributed by atoms with Crippen LogP contribution in [0.5, 0.6) is 5.75 Å². The van der Waals surface area contributed by atoms with Gasteiger partial charge in [-0.15, -0.1) is 0 Å². The van der Waals surface area contributed by atoms with Gasteiger partial charge in [0.1, 0.15) is 11.6 Å². The molecule has 3 N–H and O–H groups in total. The average molecular weight is 287 g/mol. The van der Waals surface area contributed by atoms with E-state index in [9.17, 15) is 9.50 Å². The maximum atomic E-state index is 13.2. The van der Waals surface area contributed by atoms with E-state index >= 15 is 0 Å². The van der Waals surface area contributed by atoms with Crippen LogP contribution >= 0.6 is 0 Å². The molecule has 3 rings (SSSR count). The van der Waals surface area contributed by atoms with Crippen LogP contribution in [0.25, 0.3) is 0 Å². The molecule has 2 aromatic carbocycles. The minimum absolute atomic E-state index is 0.382. The summed E-state index contributed by atoms with van der Waals surface area (Å²) in [5, 5.41) is 10.2.